The summed E-state index contributed by atoms with van der Waals surface area (Å²) in [5.74, 6) is -0.392. The van der Waals surface area contributed by atoms with Crippen molar-refractivity contribution >= 4 is 43.5 Å². The van der Waals surface area contributed by atoms with Crippen LogP contribution in [0.4, 0.5) is 5.69 Å². The quantitative estimate of drug-likeness (QED) is 0.340. The van der Waals surface area contributed by atoms with Gasteiger partial charge in [0.1, 0.15) is 0 Å². The summed E-state index contributed by atoms with van der Waals surface area (Å²) in [5, 5.41) is 11.3. The summed E-state index contributed by atoms with van der Waals surface area (Å²) in [6.07, 6.45) is 0.0306. The monoisotopic (exact) mass is 379 g/mol. The van der Waals surface area contributed by atoms with Gasteiger partial charge in [0.15, 0.2) is 0 Å². The van der Waals surface area contributed by atoms with Crippen molar-refractivity contribution in [3.8, 4) is 0 Å². The van der Waals surface area contributed by atoms with Gasteiger partial charge in [-0.3, -0.25) is 14.9 Å². The van der Waals surface area contributed by atoms with Gasteiger partial charge in [-0.1, -0.05) is 15.9 Å². The molecule has 0 aliphatic rings. The van der Waals surface area contributed by atoms with E-state index in [-0.39, 0.29) is 12.1 Å². The second-order valence-corrected chi connectivity index (χ2v) is 4.86. The average molecular weight is 381 g/mol. The molecule has 1 aromatic carbocycles. The van der Waals surface area contributed by atoms with Gasteiger partial charge >= 0.3 is 5.97 Å². The predicted molar refractivity (Wildman–Crippen MR) is 73.8 cm³/mol. The topological polar surface area (TPSA) is 69.4 Å². The van der Waals surface area contributed by atoms with Crippen LogP contribution in [-0.4, -0.2) is 17.5 Å². The van der Waals surface area contributed by atoms with E-state index in [1.54, 1.807) is 13.0 Å². The highest BCUT2D eigenvalue weighted by Crippen LogP contribution is 2.30. The maximum absolute atomic E-state index is 11.4. The number of carbonyl (C=O) groups excluding carboxylic acids is 1. The summed E-state index contributed by atoms with van der Waals surface area (Å²) in [6.45, 7) is 2.01. The van der Waals surface area contributed by atoms with Crippen LogP contribution in [-0.2, 0) is 21.3 Å². The molecule has 7 heteroatoms. The molecule has 0 saturated heterocycles. The predicted octanol–water partition coefficient (Wildman–Crippen LogP) is 3.36. The van der Waals surface area contributed by atoms with Gasteiger partial charge in [-0.05, 0) is 40.0 Å². The van der Waals surface area contributed by atoms with E-state index in [4.69, 9.17) is 4.74 Å². The Morgan fingerprint density at radius 1 is 1.44 bits per heavy atom. The first-order valence-electron chi connectivity index (χ1n) is 5.16. The number of nitro benzene ring substituents is 1. The molecule has 0 fully saturated rings. The number of hydrogen-bond acceptors (Lipinski definition) is 4. The zero-order chi connectivity index (χ0) is 13.7. The maximum atomic E-state index is 11.4. The van der Waals surface area contributed by atoms with Crippen LogP contribution in [0.1, 0.15) is 18.1 Å². The van der Waals surface area contributed by atoms with E-state index in [1.165, 1.54) is 6.07 Å². The molecule has 1 rings (SSSR count). The third-order valence-corrected chi connectivity index (χ3v) is 3.49. The minimum absolute atomic E-state index is 0.0306. The van der Waals surface area contributed by atoms with E-state index in [0.29, 0.717) is 22.0 Å². The Labute approximate surface area is 121 Å². The second kappa shape index (κ2) is 6.84. The number of ether oxygens (including phenoxy) is 1. The molecule has 1 aromatic rings. The van der Waals surface area contributed by atoms with E-state index < -0.39 is 10.9 Å². The fraction of sp³-hybridized carbons (Fsp3) is 0.364. The highest BCUT2D eigenvalue weighted by atomic mass is 79.9. The van der Waals surface area contributed by atoms with E-state index in [9.17, 15) is 14.9 Å². The number of hydrogen-bond donors (Lipinski definition) is 0. The molecule has 0 aliphatic heterocycles. The molecule has 0 amide bonds. The van der Waals surface area contributed by atoms with Gasteiger partial charge in [-0.15, -0.1) is 0 Å². The van der Waals surface area contributed by atoms with Crippen molar-refractivity contribution in [1.82, 2.24) is 0 Å². The average Bonchev–Trinajstić information content (AvgIpc) is 2.30. The van der Waals surface area contributed by atoms with Gasteiger partial charge in [0.25, 0.3) is 5.69 Å². The first kappa shape index (κ1) is 15.1. The number of esters is 1. The summed E-state index contributed by atoms with van der Waals surface area (Å²) in [5.41, 5.74) is 1.36. The highest BCUT2D eigenvalue weighted by Gasteiger charge is 2.18. The SMILES string of the molecule is CCOC(=O)Cc1cc([N+](=O)[O-])c(Br)cc1CBr. The minimum atomic E-state index is -0.489. The van der Waals surface area contributed by atoms with Crippen molar-refractivity contribution in [3.05, 3.63) is 37.8 Å². The lowest BCUT2D eigenvalue weighted by atomic mass is 10.1. The van der Waals surface area contributed by atoms with Gasteiger partial charge in [0, 0.05) is 11.4 Å². The van der Waals surface area contributed by atoms with Crippen molar-refractivity contribution in [2.75, 3.05) is 6.61 Å². The molecule has 98 valence electrons. The van der Waals surface area contributed by atoms with E-state index in [0.717, 1.165) is 5.56 Å². The Hall–Kier alpha value is -0.950. The largest absolute Gasteiger partial charge is 0.466 e. The summed E-state index contributed by atoms with van der Waals surface area (Å²) in [4.78, 5) is 21.8. The summed E-state index contributed by atoms with van der Waals surface area (Å²) < 4.78 is 5.24. The molecule has 0 aromatic heterocycles. The first-order chi connectivity index (χ1) is 8.49. The molecule has 0 radical (unpaired) electrons. The number of rotatable bonds is 5. The number of halogens is 2. The Morgan fingerprint density at radius 2 is 2.11 bits per heavy atom. The fourth-order valence-electron chi connectivity index (χ4n) is 1.44. The fourth-order valence-corrected chi connectivity index (χ4v) is 2.50. The smallest absolute Gasteiger partial charge is 0.310 e. The molecule has 0 atom stereocenters. The van der Waals surface area contributed by atoms with Gasteiger partial charge in [0.05, 0.1) is 22.4 Å². The lowest BCUT2D eigenvalue weighted by Gasteiger charge is -2.08. The van der Waals surface area contributed by atoms with Crippen LogP contribution in [0.5, 0.6) is 0 Å². The number of carbonyl (C=O) groups is 1. The number of nitro groups is 1. The van der Waals surface area contributed by atoms with Crippen LogP contribution < -0.4 is 0 Å². The summed E-state index contributed by atoms with van der Waals surface area (Å²) in [6, 6.07) is 3.04. The van der Waals surface area contributed by atoms with Crippen molar-refractivity contribution in [2.24, 2.45) is 0 Å². The molecular weight excluding hydrogens is 370 g/mol. The number of alkyl halides is 1. The normalized spacial score (nSPS) is 10.2. The van der Waals surface area contributed by atoms with Crippen LogP contribution in [0.25, 0.3) is 0 Å². The van der Waals surface area contributed by atoms with Crippen LogP contribution in [0.15, 0.2) is 16.6 Å². The highest BCUT2D eigenvalue weighted by molar-refractivity contribution is 9.10. The van der Waals surface area contributed by atoms with Gasteiger partial charge < -0.3 is 4.74 Å². The summed E-state index contributed by atoms with van der Waals surface area (Å²) in [7, 11) is 0. The van der Waals surface area contributed by atoms with Gasteiger partial charge in [0.2, 0.25) is 0 Å². The Balaban J connectivity index is 3.11. The Morgan fingerprint density at radius 3 is 2.61 bits per heavy atom. The standard InChI is InChI=1S/C11H11Br2NO4/c1-2-18-11(15)5-7-4-10(14(16)17)9(13)3-8(7)6-12/h3-4H,2,5-6H2,1H3. The van der Waals surface area contributed by atoms with Crippen LogP contribution in [0.3, 0.4) is 0 Å². The molecule has 5 nitrogen and oxygen atoms in total. The van der Waals surface area contributed by atoms with Crippen molar-refractivity contribution in [2.45, 2.75) is 18.7 Å². The van der Waals surface area contributed by atoms with Gasteiger partial charge in [-0.2, -0.15) is 0 Å². The molecule has 0 heterocycles. The number of benzene rings is 1. The summed E-state index contributed by atoms with van der Waals surface area (Å²) >= 11 is 6.43. The maximum Gasteiger partial charge on any atom is 0.310 e. The second-order valence-electron chi connectivity index (χ2n) is 3.44. The van der Waals surface area contributed by atoms with Crippen LogP contribution >= 0.6 is 31.9 Å². The molecular formula is C11H11Br2NO4. The third-order valence-electron chi connectivity index (χ3n) is 2.25. The molecule has 0 bridgehead atoms. The molecule has 0 aliphatic carbocycles. The van der Waals surface area contributed by atoms with Crippen molar-refractivity contribution in [3.63, 3.8) is 0 Å². The number of nitrogens with zero attached hydrogens (tertiary/aromatic N) is 1. The Bertz CT molecular complexity index is 476. The zero-order valence-corrected chi connectivity index (χ0v) is 12.8. The minimum Gasteiger partial charge on any atom is -0.466 e. The molecule has 0 saturated carbocycles. The Kier molecular flexibility index (Phi) is 5.74. The van der Waals surface area contributed by atoms with Gasteiger partial charge in [-0.25, -0.2) is 0 Å². The van der Waals surface area contributed by atoms with Crippen LogP contribution in [0.2, 0.25) is 0 Å². The lowest BCUT2D eigenvalue weighted by Crippen LogP contribution is -2.09. The van der Waals surface area contributed by atoms with E-state index in [1.807, 2.05) is 0 Å². The van der Waals surface area contributed by atoms with Crippen LogP contribution in [0, 0.1) is 10.1 Å². The molecule has 0 unspecified atom stereocenters. The van der Waals surface area contributed by atoms with E-state index >= 15 is 0 Å². The first-order valence-corrected chi connectivity index (χ1v) is 7.08. The lowest BCUT2D eigenvalue weighted by molar-refractivity contribution is -0.385. The molecule has 18 heavy (non-hydrogen) atoms. The third kappa shape index (κ3) is 3.78. The zero-order valence-electron chi connectivity index (χ0n) is 9.61. The van der Waals surface area contributed by atoms with Crippen molar-refractivity contribution < 1.29 is 14.5 Å². The van der Waals surface area contributed by atoms with Crippen molar-refractivity contribution in [1.29, 1.82) is 0 Å². The molecule has 0 N–H and O–H groups in total. The van der Waals surface area contributed by atoms with E-state index in [2.05, 4.69) is 31.9 Å². The molecule has 0 spiro atoms.